The van der Waals surface area contributed by atoms with Crippen LogP contribution in [0.3, 0.4) is 0 Å². The number of halogens is 2. The van der Waals surface area contributed by atoms with Crippen LogP contribution < -0.4 is 4.74 Å². The van der Waals surface area contributed by atoms with Gasteiger partial charge in [0.25, 0.3) is 0 Å². The van der Waals surface area contributed by atoms with Crippen LogP contribution in [0.4, 0.5) is 14.3 Å². The molecule has 6 nitrogen and oxygen atoms in total. The maximum atomic E-state index is 15.6. The molecular formula is C20H20BF2N3O3. The number of benzene rings is 1. The summed E-state index contributed by atoms with van der Waals surface area (Å²) in [4.78, 5) is 11.4. The first kappa shape index (κ1) is 19.1. The highest BCUT2D eigenvalue weighted by Crippen LogP contribution is 2.47. The fourth-order valence-corrected chi connectivity index (χ4v) is 4.63. The first-order valence-electron chi connectivity index (χ1n) is 9.20. The van der Waals surface area contributed by atoms with Crippen molar-refractivity contribution < 1.29 is 22.8 Å². The van der Waals surface area contributed by atoms with Crippen molar-refractivity contribution in [2.75, 3.05) is 7.11 Å². The fraction of sp³-hybridized carbons (Fsp3) is 0.250. The van der Waals surface area contributed by atoms with Gasteiger partial charge in [0.05, 0.1) is 23.2 Å². The molecule has 0 bridgehead atoms. The van der Waals surface area contributed by atoms with E-state index < -0.39 is 11.9 Å². The first-order valence-corrected chi connectivity index (χ1v) is 9.20. The summed E-state index contributed by atoms with van der Waals surface area (Å²) < 4.78 is 38.6. The summed E-state index contributed by atoms with van der Waals surface area (Å²) in [5.41, 5.74) is 3.13. The molecule has 0 amide bonds. The number of hydrogen-bond acceptors (Lipinski definition) is 3. The Hall–Kier alpha value is -3.23. The zero-order valence-electron chi connectivity index (χ0n) is 16.8. The lowest BCUT2D eigenvalue weighted by Gasteiger charge is -2.34. The topological polar surface area (TPSA) is 60.3 Å². The summed E-state index contributed by atoms with van der Waals surface area (Å²) in [6, 6.07) is 6.41. The predicted molar refractivity (Wildman–Crippen MR) is 108 cm³/mol. The second-order valence-electron chi connectivity index (χ2n) is 7.45. The van der Waals surface area contributed by atoms with Gasteiger partial charge in [-0.05, 0) is 50.2 Å². The third-order valence-corrected chi connectivity index (χ3v) is 5.61. The lowest BCUT2D eigenvalue weighted by atomic mass is 9.83. The van der Waals surface area contributed by atoms with Crippen LogP contribution in [0.1, 0.15) is 36.4 Å². The number of para-hydroxylation sites is 1. The van der Waals surface area contributed by atoms with Crippen LogP contribution in [-0.2, 0) is 0 Å². The molecule has 0 unspecified atom stereocenters. The smallest absolute Gasteiger partial charge is 0.490 e. The van der Waals surface area contributed by atoms with E-state index in [2.05, 4.69) is 0 Å². The van der Waals surface area contributed by atoms with Crippen molar-refractivity contribution in [3.05, 3.63) is 74.2 Å². The van der Waals surface area contributed by atoms with E-state index in [0.717, 1.165) is 8.96 Å². The Balaban J connectivity index is 2.22. The van der Waals surface area contributed by atoms with E-state index in [-0.39, 0.29) is 17.0 Å². The number of ether oxygens (including phenoxy) is 1. The molecule has 9 heteroatoms. The number of fused-ring (bicyclic) bond motifs is 2. The van der Waals surface area contributed by atoms with Gasteiger partial charge >= 0.3 is 12.7 Å². The fourth-order valence-electron chi connectivity index (χ4n) is 4.63. The Morgan fingerprint density at radius 1 is 1.21 bits per heavy atom. The molecule has 2 aliphatic rings. The SMILES string of the molecule is COc1cccc(C2=C3C(C)=CC(C)=[N+]3[B-](F)(F)n3c(C)cc(C)c32)c1[N+](=O)[O-]. The zero-order valence-corrected chi connectivity index (χ0v) is 16.8. The molecule has 0 N–H and O–H groups in total. The second-order valence-corrected chi connectivity index (χ2v) is 7.45. The maximum absolute atomic E-state index is 15.6. The molecule has 29 heavy (non-hydrogen) atoms. The minimum absolute atomic E-state index is 0.0859. The van der Waals surface area contributed by atoms with Crippen molar-refractivity contribution in [2.24, 2.45) is 0 Å². The van der Waals surface area contributed by atoms with Crippen molar-refractivity contribution in [3.8, 4) is 5.75 Å². The molecule has 0 fully saturated rings. The Morgan fingerprint density at radius 2 is 1.90 bits per heavy atom. The summed E-state index contributed by atoms with van der Waals surface area (Å²) in [6.07, 6.45) is 1.69. The third kappa shape index (κ3) is 2.43. The van der Waals surface area contributed by atoms with Gasteiger partial charge in [-0.25, -0.2) is 0 Å². The van der Waals surface area contributed by atoms with Gasteiger partial charge in [0, 0.05) is 24.3 Å². The third-order valence-electron chi connectivity index (χ3n) is 5.61. The number of aryl methyl sites for hydroxylation is 2. The molecule has 0 radical (unpaired) electrons. The zero-order chi connectivity index (χ0) is 21.2. The summed E-state index contributed by atoms with van der Waals surface area (Å²) in [7, 11) is 1.35. The van der Waals surface area contributed by atoms with Gasteiger partial charge in [0.1, 0.15) is 5.71 Å². The van der Waals surface area contributed by atoms with Gasteiger partial charge in [-0.2, -0.15) is 0 Å². The molecule has 4 rings (SSSR count). The van der Waals surface area contributed by atoms with Gasteiger partial charge in [0.2, 0.25) is 0 Å². The molecule has 2 aromatic rings. The lowest BCUT2D eigenvalue weighted by Crippen LogP contribution is -2.51. The number of nitro benzene ring substituents is 1. The minimum Gasteiger partial charge on any atom is -0.490 e. The number of methoxy groups -OCH3 is 1. The van der Waals surface area contributed by atoms with E-state index in [0.29, 0.717) is 39.5 Å². The number of allylic oxidation sites excluding steroid dienone is 2. The van der Waals surface area contributed by atoms with Crippen molar-refractivity contribution in [1.82, 2.24) is 4.48 Å². The van der Waals surface area contributed by atoms with Crippen LogP contribution in [0, 0.1) is 24.0 Å². The van der Waals surface area contributed by atoms with E-state index in [9.17, 15) is 10.1 Å². The molecule has 2 aliphatic heterocycles. The van der Waals surface area contributed by atoms with Crippen LogP contribution in [0.5, 0.6) is 5.75 Å². The quantitative estimate of drug-likeness (QED) is 0.435. The van der Waals surface area contributed by atoms with Crippen LogP contribution in [0.15, 0.2) is 41.6 Å². The van der Waals surface area contributed by atoms with Crippen molar-refractivity contribution in [3.63, 3.8) is 0 Å². The van der Waals surface area contributed by atoms with Gasteiger partial charge < -0.3 is 22.3 Å². The average Bonchev–Trinajstić information content (AvgIpc) is 3.11. The van der Waals surface area contributed by atoms with Crippen LogP contribution in [-0.4, -0.2) is 33.7 Å². The summed E-state index contributed by atoms with van der Waals surface area (Å²) in [5, 5.41) is 11.9. The largest absolute Gasteiger partial charge is 0.737 e. The number of nitro groups is 1. The van der Waals surface area contributed by atoms with Crippen molar-refractivity contribution >= 4 is 23.9 Å². The monoisotopic (exact) mass is 399 g/mol. The number of nitrogens with zero attached hydrogens (tertiary/aromatic N) is 3. The molecule has 1 aromatic carbocycles. The first-order chi connectivity index (χ1) is 13.6. The standard InChI is InChI=1S/C20H20BF2N3O3/c1-11-9-13(3)24-18(11)17(15-7-6-8-16(29-5)20(15)26(27)28)19-12(2)10-14(4)25(19)21(24,22)23/h6-10H,1-5H3. The molecule has 1 aromatic heterocycles. The molecule has 0 saturated heterocycles. The number of rotatable bonds is 3. The highest BCUT2D eigenvalue weighted by atomic mass is 19.2. The maximum Gasteiger partial charge on any atom is 0.737 e. The molecule has 0 atom stereocenters. The van der Waals surface area contributed by atoms with Crippen molar-refractivity contribution in [1.29, 1.82) is 0 Å². The summed E-state index contributed by atoms with van der Waals surface area (Å²) in [5.74, 6) is 0.0859. The Bertz CT molecular complexity index is 1190. The van der Waals surface area contributed by atoms with Crippen molar-refractivity contribution in [2.45, 2.75) is 27.7 Å². The summed E-state index contributed by atoms with van der Waals surface area (Å²) in [6.45, 7) is 2.61. The van der Waals surface area contributed by atoms with Gasteiger partial charge in [-0.1, -0.05) is 6.07 Å². The van der Waals surface area contributed by atoms with Gasteiger partial charge in [-0.15, -0.1) is 0 Å². The normalized spacial score (nSPS) is 17.3. The highest BCUT2D eigenvalue weighted by Gasteiger charge is 2.55. The van der Waals surface area contributed by atoms with E-state index in [1.54, 1.807) is 52.0 Å². The molecule has 150 valence electrons. The van der Waals surface area contributed by atoms with Crippen LogP contribution in [0.2, 0.25) is 0 Å². The van der Waals surface area contributed by atoms with Gasteiger partial charge in [-0.3, -0.25) is 10.1 Å². The molecule has 0 saturated carbocycles. The van der Waals surface area contributed by atoms with E-state index in [1.165, 1.54) is 13.2 Å². The Labute approximate surface area is 166 Å². The number of hydrogen-bond donors (Lipinski definition) is 0. The predicted octanol–water partition coefficient (Wildman–Crippen LogP) is 4.45. The van der Waals surface area contributed by atoms with Gasteiger partial charge in [0.15, 0.2) is 11.4 Å². The average molecular weight is 399 g/mol. The van der Waals surface area contributed by atoms with Crippen LogP contribution in [0.25, 0.3) is 5.57 Å². The van der Waals surface area contributed by atoms with E-state index >= 15 is 8.63 Å². The van der Waals surface area contributed by atoms with Crippen LogP contribution >= 0.6 is 0 Å². The van der Waals surface area contributed by atoms with E-state index in [1.807, 2.05) is 0 Å². The molecule has 3 heterocycles. The lowest BCUT2D eigenvalue weighted by molar-refractivity contribution is -0.386. The van der Waals surface area contributed by atoms with E-state index in [4.69, 9.17) is 4.74 Å². The summed E-state index contributed by atoms with van der Waals surface area (Å²) >= 11 is 0. The second kappa shape index (κ2) is 6.14. The molecule has 0 spiro atoms. The Kier molecular flexibility index (Phi) is 4.04. The highest BCUT2D eigenvalue weighted by molar-refractivity contribution is 6.58. The number of aromatic nitrogens is 1. The molecular weight excluding hydrogens is 379 g/mol. The Morgan fingerprint density at radius 3 is 2.52 bits per heavy atom. The molecule has 0 aliphatic carbocycles. The minimum atomic E-state index is -4.13.